The standard InChI is InChI=1S/C22H30N2O/c1-17(2)19-9-7-18(8-10-19)14-20-6-5-11-21(3,4)22(20,25)15-24-13-12-23-16-24/h7-10,12-14,16-17,25H,5-6,11,15H2,1-4H3/b20-14+. The van der Waals surface area contributed by atoms with Crippen LogP contribution in [0, 0.1) is 5.41 Å². The summed E-state index contributed by atoms with van der Waals surface area (Å²) in [7, 11) is 0. The fourth-order valence-corrected chi connectivity index (χ4v) is 3.90. The summed E-state index contributed by atoms with van der Waals surface area (Å²) in [6.45, 7) is 9.33. The van der Waals surface area contributed by atoms with Crippen LogP contribution in [0.25, 0.3) is 6.08 Å². The summed E-state index contributed by atoms with van der Waals surface area (Å²) in [5.74, 6) is 0.536. The van der Waals surface area contributed by atoms with Crippen LogP contribution in [-0.4, -0.2) is 20.3 Å². The molecule has 1 heterocycles. The Balaban J connectivity index is 1.96. The normalized spacial score (nSPS) is 24.8. The predicted molar refractivity (Wildman–Crippen MR) is 103 cm³/mol. The van der Waals surface area contributed by atoms with E-state index in [4.69, 9.17) is 0 Å². The minimum Gasteiger partial charge on any atom is -0.383 e. The van der Waals surface area contributed by atoms with Gasteiger partial charge in [-0.2, -0.15) is 0 Å². The van der Waals surface area contributed by atoms with Crippen molar-refractivity contribution >= 4 is 6.08 Å². The fourth-order valence-electron chi connectivity index (χ4n) is 3.90. The highest BCUT2D eigenvalue weighted by atomic mass is 16.3. The van der Waals surface area contributed by atoms with Gasteiger partial charge in [0.2, 0.25) is 0 Å². The van der Waals surface area contributed by atoms with Crippen molar-refractivity contribution in [3.05, 3.63) is 59.7 Å². The monoisotopic (exact) mass is 338 g/mol. The Labute approximate surface area is 151 Å². The smallest absolute Gasteiger partial charge is 0.109 e. The number of imidazole rings is 1. The third-order valence-electron chi connectivity index (χ3n) is 5.81. The van der Waals surface area contributed by atoms with Gasteiger partial charge in [-0.1, -0.05) is 58.0 Å². The van der Waals surface area contributed by atoms with Gasteiger partial charge in [0.1, 0.15) is 5.60 Å². The van der Waals surface area contributed by atoms with Gasteiger partial charge in [0, 0.05) is 12.4 Å². The summed E-state index contributed by atoms with van der Waals surface area (Å²) in [5.41, 5.74) is 2.62. The molecule has 3 nitrogen and oxygen atoms in total. The van der Waals surface area contributed by atoms with Gasteiger partial charge < -0.3 is 9.67 Å². The summed E-state index contributed by atoms with van der Waals surface area (Å²) in [6, 6.07) is 8.73. The maximum atomic E-state index is 11.7. The first-order valence-corrected chi connectivity index (χ1v) is 9.31. The molecule has 0 aliphatic heterocycles. The number of aliphatic hydroxyl groups is 1. The fraction of sp³-hybridized carbons (Fsp3) is 0.500. The number of hydrogen-bond acceptors (Lipinski definition) is 2. The first-order valence-electron chi connectivity index (χ1n) is 9.31. The minimum atomic E-state index is -0.858. The molecule has 3 heteroatoms. The molecule has 1 fully saturated rings. The molecule has 0 bridgehead atoms. The van der Waals surface area contributed by atoms with E-state index in [1.807, 2.05) is 10.8 Å². The molecule has 1 N–H and O–H groups in total. The van der Waals surface area contributed by atoms with Gasteiger partial charge in [-0.15, -0.1) is 0 Å². The van der Waals surface area contributed by atoms with Gasteiger partial charge in [-0.3, -0.25) is 0 Å². The summed E-state index contributed by atoms with van der Waals surface area (Å²) < 4.78 is 1.99. The largest absolute Gasteiger partial charge is 0.383 e. The molecule has 1 aliphatic carbocycles. The van der Waals surface area contributed by atoms with Crippen molar-refractivity contribution in [1.82, 2.24) is 9.55 Å². The molecular formula is C22H30N2O. The Hall–Kier alpha value is -1.87. The molecule has 0 spiro atoms. The van der Waals surface area contributed by atoms with E-state index in [1.54, 1.807) is 12.5 Å². The Morgan fingerprint density at radius 2 is 1.96 bits per heavy atom. The second-order valence-corrected chi connectivity index (χ2v) is 8.32. The zero-order chi connectivity index (χ0) is 18.1. The topological polar surface area (TPSA) is 38.0 Å². The molecule has 1 atom stereocenters. The van der Waals surface area contributed by atoms with E-state index in [0.717, 1.165) is 24.8 Å². The molecule has 0 radical (unpaired) electrons. The summed E-state index contributed by atoms with van der Waals surface area (Å²) in [4.78, 5) is 4.13. The molecule has 1 saturated carbocycles. The lowest BCUT2D eigenvalue weighted by atomic mass is 9.62. The van der Waals surface area contributed by atoms with Crippen molar-refractivity contribution < 1.29 is 5.11 Å². The van der Waals surface area contributed by atoms with Crippen LogP contribution in [0.5, 0.6) is 0 Å². The first-order chi connectivity index (χ1) is 11.8. The number of nitrogens with zero attached hydrogens (tertiary/aromatic N) is 2. The number of aromatic nitrogens is 2. The van der Waals surface area contributed by atoms with E-state index in [9.17, 15) is 5.11 Å². The second-order valence-electron chi connectivity index (χ2n) is 8.32. The highest BCUT2D eigenvalue weighted by Crippen LogP contribution is 2.48. The lowest BCUT2D eigenvalue weighted by Crippen LogP contribution is -2.51. The molecule has 1 aliphatic rings. The summed E-state index contributed by atoms with van der Waals surface area (Å²) in [5, 5.41) is 11.7. The molecule has 2 aromatic rings. The average Bonchev–Trinajstić information content (AvgIpc) is 3.05. The molecule has 0 amide bonds. The number of rotatable bonds is 4. The predicted octanol–water partition coefficient (Wildman–Crippen LogP) is 5.03. The second kappa shape index (κ2) is 6.80. The Kier molecular flexibility index (Phi) is 4.88. The molecule has 1 aromatic carbocycles. The molecule has 1 aromatic heterocycles. The third kappa shape index (κ3) is 3.57. The molecular weight excluding hydrogens is 308 g/mol. The van der Waals surface area contributed by atoms with Crippen LogP contribution in [0.2, 0.25) is 0 Å². The van der Waals surface area contributed by atoms with Gasteiger partial charge >= 0.3 is 0 Å². The summed E-state index contributed by atoms with van der Waals surface area (Å²) >= 11 is 0. The first kappa shape index (κ1) is 17.9. The molecule has 3 rings (SSSR count). The lowest BCUT2D eigenvalue weighted by molar-refractivity contribution is -0.0670. The summed E-state index contributed by atoms with van der Waals surface area (Å²) in [6.07, 6.45) is 10.8. The maximum Gasteiger partial charge on any atom is 0.109 e. The van der Waals surface area contributed by atoms with Crippen molar-refractivity contribution in [1.29, 1.82) is 0 Å². The molecule has 134 valence electrons. The Morgan fingerprint density at radius 1 is 1.24 bits per heavy atom. The van der Waals surface area contributed by atoms with Gasteiger partial charge in [-0.25, -0.2) is 4.98 Å². The third-order valence-corrected chi connectivity index (χ3v) is 5.81. The van der Waals surface area contributed by atoms with Crippen LogP contribution in [-0.2, 0) is 6.54 Å². The maximum absolute atomic E-state index is 11.7. The number of benzene rings is 1. The SMILES string of the molecule is CC(C)c1ccc(/C=C2\CCCC(C)(C)C2(O)Cn2ccnc2)cc1. The lowest BCUT2D eigenvalue weighted by Gasteiger charge is -2.48. The highest BCUT2D eigenvalue weighted by molar-refractivity contribution is 5.56. The minimum absolute atomic E-state index is 0.167. The van der Waals surface area contributed by atoms with E-state index in [0.29, 0.717) is 12.5 Å². The van der Waals surface area contributed by atoms with E-state index >= 15 is 0 Å². The quantitative estimate of drug-likeness (QED) is 0.849. The number of hydrogen-bond donors (Lipinski definition) is 1. The van der Waals surface area contributed by atoms with Gasteiger partial charge in [-0.05, 0) is 47.3 Å². The van der Waals surface area contributed by atoms with Crippen molar-refractivity contribution in [2.75, 3.05) is 0 Å². The van der Waals surface area contributed by atoms with Crippen LogP contribution < -0.4 is 0 Å². The van der Waals surface area contributed by atoms with Gasteiger partial charge in [0.05, 0.1) is 12.9 Å². The van der Waals surface area contributed by atoms with Crippen LogP contribution in [0.1, 0.15) is 64.0 Å². The van der Waals surface area contributed by atoms with Crippen molar-refractivity contribution in [2.24, 2.45) is 5.41 Å². The Bertz CT molecular complexity index is 726. The van der Waals surface area contributed by atoms with Crippen molar-refractivity contribution in [3.8, 4) is 0 Å². The van der Waals surface area contributed by atoms with Crippen LogP contribution in [0.15, 0.2) is 48.6 Å². The molecule has 0 saturated heterocycles. The Morgan fingerprint density at radius 3 is 2.56 bits per heavy atom. The van der Waals surface area contributed by atoms with Crippen LogP contribution in [0.4, 0.5) is 0 Å². The van der Waals surface area contributed by atoms with E-state index < -0.39 is 5.60 Å². The zero-order valence-electron chi connectivity index (χ0n) is 15.9. The zero-order valence-corrected chi connectivity index (χ0v) is 15.9. The average molecular weight is 338 g/mol. The van der Waals surface area contributed by atoms with E-state index in [1.165, 1.54) is 11.1 Å². The van der Waals surface area contributed by atoms with Gasteiger partial charge in [0.15, 0.2) is 0 Å². The van der Waals surface area contributed by atoms with E-state index in [2.05, 4.69) is 63.0 Å². The van der Waals surface area contributed by atoms with Gasteiger partial charge in [0.25, 0.3) is 0 Å². The van der Waals surface area contributed by atoms with E-state index in [-0.39, 0.29) is 5.41 Å². The molecule has 1 unspecified atom stereocenters. The van der Waals surface area contributed by atoms with Crippen molar-refractivity contribution in [2.45, 2.75) is 65.0 Å². The molecule has 25 heavy (non-hydrogen) atoms. The van der Waals surface area contributed by atoms with Crippen LogP contribution >= 0.6 is 0 Å². The van der Waals surface area contributed by atoms with Crippen LogP contribution in [0.3, 0.4) is 0 Å². The van der Waals surface area contributed by atoms with Crippen molar-refractivity contribution in [3.63, 3.8) is 0 Å². The highest BCUT2D eigenvalue weighted by Gasteiger charge is 2.48.